The summed E-state index contributed by atoms with van der Waals surface area (Å²) in [5, 5.41) is 0. The molecular weight excluding hydrogens is 949 g/mol. The fourth-order valence-electron chi connectivity index (χ4n) is 8.88. The molecule has 63 heavy (non-hydrogen) atoms. The van der Waals surface area contributed by atoms with Crippen molar-refractivity contribution in [1.82, 2.24) is 0 Å². The van der Waals surface area contributed by atoms with Crippen LogP contribution >= 0.6 is 0 Å². The molecule has 0 aromatic carbocycles. The first-order valence-corrected chi connectivity index (χ1v) is 55.1. The minimum atomic E-state index is -2.37. The van der Waals surface area contributed by atoms with E-state index in [0.29, 0.717) is 0 Å². The molecule has 0 N–H and O–H groups in total. The minimum absolute atomic E-state index is 1.06. The molecule has 0 aliphatic heterocycles. The quantitative estimate of drug-likeness (QED) is 0.0353. The van der Waals surface area contributed by atoms with Gasteiger partial charge >= 0.3 is 51.4 Å². The molecule has 8 nitrogen and oxygen atoms in total. The minimum Gasteiger partial charge on any atom is -0.437 e. The summed E-state index contributed by atoms with van der Waals surface area (Å²) in [4.78, 5) is 0. The second-order valence-corrected chi connectivity index (χ2v) is 63.3. The molecule has 18 heteroatoms. The van der Waals surface area contributed by atoms with Gasteiger partial charge in [-0.05, 0) is 156 Å². The van der Waals surface area contributed by atoms with E-state index in [1.54, 1.807) is 0 Å². The highest BCUT2D eigenvalue weighted by atomic mass is 28.5. The maximum atomic E-state index is 6.81. The van der Waals surface area contributed by atoms with E-state index in [4.69, 9.17) is 32.9 Å². The third kappa shape index (κ3) is 43.4. The van der Waals surface area contributed by atoms with E-state index >= 15 is 0 Å². The van der Waals surface area contributed by atoms with Crippen molar-refractivity contribution in [2.24, 2.45) is 0 Å². The number of hydrogen-bond donors (Lipinski definition) is 0. The Morgan fingerprint density at radius 2 is 0.492 bits per heavy atom. The van der Waals surface area contributed by atoms with Gasteiger partial charge in [0, 0.05) is 0 Å². The summed E-state index contributed by atoms with van der Waals surface area (Å²) < 4.78 is 53.4. The van der Waals surface area contributed by atoms with E-state index in [0.717, 1.165) is 6.04 Å². The van der Waals surface area contributed by atoms with Gasteiger partial charge in [0.1, 0.15) is 0 Å². The highest BCUT2D eigenvalue weighted by molar-refractivity contribution is 6.92. The van der Waals surface area contributed by atoms with E-state index in [2.05, 4.69) is 171 Å². The largest absolute Gasteiger partial charge is 0.437 e. The highest BCUT2D eigenvalue weighted by Gasteiger charge is 2.47. The predicted molar refractivity (Wildman–Crippen MR) is 306 cm³/mol. The van der Waals surface area contributed by atoms with Crippen molar-refractivity contribution in [3.8, 4) is 0 Å². The normalized spacial score (nSPS) is 14.7. The Morgan fingerprint density at radius 1 is 0.254 bits per heavy atom. The zero-order valence-electron chi connectivity index (χ0n) is 47.1. The number of unbranched alkanes of at least 4 members (excludes halogenated alkanes) is 13. The van der Waals surface area contributed by atoms with Crippen molar-refractivity contribution in [1.29, 1.82) is 0 Å². The van der Waals surface area contributed by atoms with E-state index in [9.17, 15) is 0 Å². The predicted octanol–water partition coefficient (Wildman–Crippen LogP) is 17.9. The van der Waals surface area contributed by atoms with Crippen molar-refractivity contribution >= 4 is 84.6 Å². The molecule has 0 saturated heterocycles. The van der Waals surface area contributed by atoms with Crippen LogP contribution in [0.2, 0.25) is 156 Å². The average Bonchev–Trinajstić information content (AvgIpc) is 3.02. The Hall–Kier alpha value is 1.59. The zero-order valence-corrected chi connectivity index (χ0v) is 57.1. The Kier molecular flexibility index (Phi) is 34.7. The first-order valence-electron chi connectivity index (χ1n) is 25.4. The van der Waals surface area contributed by atoms with Gasteiger partial charge in [-0.2, -0.15) is 0 Å². The first-order chi connectivity index (χ1) is 28.3. The second kappa shape index (κ2) is 31.7. The summed E-state index contributed by atoms with van der Waals surface area (Å²) in [5.74, 6) is 0. The Labute approximate surface area is 407 Å². The van der Waals surface area contributed by atoms with E-state index in [1.807, 2.05) is 0 Å². The fourth-order valence-corrected chi connectivity index (χ4v) is 56.9. The van der Waals surface area contributed by atoms with Crippen molar-refractivity contribution in [3.05, 3.63) is 13.2 Å². The van der Waals surface area contributed by atoms with Gasteiger partial charge in [0.05, 0.1) is 0 Å². The van der Waals surface area contributed by atoms with Crippen molar-refractivity contribution in [2.75, 3.05) is 0 Å². The summed E-state index contributed by atoms with van der Waals surface area (Å²) in [6, 6.07) is 3.51. The lowest BCUT2D eigenvalue weighted by Crippen LogP contribution is -2.59. The molecular formula is C45H114O8Si10. The van der Waals surface area contributed by atoms with Gasteiger partial charge in [-0.1, -0.05) is 124 Å². The summed E-state index contributed by atoms with van der Waals surface area (Å²) in [5.41, 5.74) is 0. The van der Waals surface area contributed by atoms with Crippen LogP contribution in [0.25, 0.3) is 0 Å². The van der Waals surface area contributed by atoms with Crippen LogP contribution in [0.5, 0.6) is 0 Å². The summed E-state index contributed by atoms with van der Waals surface area (Å²) in [6.07, 6.45) is 21.2. The lowest BCUT2D eigenvalue weighted by atomic mass is 10.1. The smallest absolute Gasteiger partial charge is 0.315 e. The molecule has 0 aliphatic rings. The summed E-state index contributed by atoms with van der Waals surface area (Å²) in [7, 11) is -20.4. The summed E-state index contributed by atoms with van der Waals surface area (Å²) >= 11 is 0. The van der Waals surface area contributed by atoms with Crippen LogP contribution in [0, 0.1) is 0 Å². The van der Waals surface area contributed by atoms with Gasteiger partial charge < -0.3 is 32.9 Å². The molecule has 0 rings (SSSR count). The lowest BCUT2D eigenvalue weighted by Gasteiger charge is -2.42. The maximum absolute atomic E-state index is 6.81. The molecule has 0 aliphatic carbocycles. The van der Waals surface area contributed by atoms with Crippen molar-refractivity contribution in [3.63, 3.8) is 0 Å². The van der Waals surface area contributed by atoms with Gasteiger partial charge in [-0.3, -0.25) is 0 Å². The van der Waals surface area contributed by atoms with Crippen LogP contribution in [-0.2, 0) is 32.9 Å². The molecule has 0 aromatic heterocycles. The van der Waals surface area contributed by atoms with Crippen LogP contribution in [0.3, 0.4) is 0 Å². The van der Waals surface area contributed by atoms with Crippen LogP contribution in [0.15, 0.2) is 13.2 Å². The molecule has 0 spiro atoms. The van der Waals surface area contributed by atoms with Gasteiger partial charge in [0.25, 0.3) is 0 Å². The second-order valence-electron chi connectivity index (χ2n) is 23.5. The standard InChI is InChI=1S/C27H66O4Si5.C16H44O4Si5.C2H4/c1-13-15-17-19-21-23-25-27-33(5,6)29-35(9,10)31-36(11,12)30-34(7,8)28-32(3,4)26-24-22-20-18-16-14-2;1-13-14-15-16-25(12,18-22(5,6)7)20-24(10,11)19-23(8,9)17-21(2,3)4;1-2/h13-27H2,1-12H3;13-16H2,1-12H3;1-2H2. The molecule has 0 heterocycles. The van der Waals surface area contributed by atoms with Gasteiger partial charge in [0.15, 0.2) is 33.3 Å². The third-order valence-corrected chi connectivity index (χ3v) is 46.6. The van der Waals surface area contributed by atoms with E-state index < -0.39 is 84.6 Å². The third-order valence-electron chi connectivity index (χ3n) is 9.80. The first kappa shape index (κ1) is 68.9. The molecule has 382 valence electrons. The summed E-state index contributed by atoms with van der Waals surface area (Å²) in [6.45, 7) is 59.8. The lowest BCUT2D eigenvalue weighted by molar-refractivity contribution is 0.292. The van der Waals surface area contributed by atoms with Crippen LogP contribution in [-0.4, -0.2) is 84.6 Å². The van der Waals surface area contributed by atoms with Crippen molar-refractivity contribution in [2.45, 2.75) is 279 Å². The van der Waals surface area contributed by atoms with Crippen LogP contribution in [0.4, 0.5) is 0 Å². The molecule has 1 unspecified atom stereocenters. The molecule has 0 bridgehead atoms. The fraction of sp³-hybridized carbons (Fsp3) is 0.956. The Balaban J connectivity index is -0.00000117. The number of hydrogen-bond acceptors (Lipinski definition) is 8. The van der Waals surface area contributed by atoms with Crippen LogP contribution in [0.1, 0.15) is 124 Å². The molecule has 0 saturated carbocycles. The molecule has 0 radical (unpaired) electrons. The molecule has 1 atom stereocenters. The molecule has 0 amide bonds. The SMILES string of the molecule is C=C.CCCCCCCCC[Si](C)(C)O[Si](C)(C)O[Si](C)(C)O[Si](C)(C)O[Si](C)(C)CCCCCCCC.CCCCC[Si](C)(O[Si](C)(C)C)O[Si](C)(C)O[Si](C)(C)O[Si](C)(C)C. The number of rotatable bonds is 35. The van der Waals surface area contributed by atoms with E-state index in [1.165, 1.54) is 115 Å². The zero-order chi connectivity index (χ0) is 50.1. The maximum Gasteiger partial charge on any atom is 0.315 e. The molecule has 0 aromatic rings. The Bertz CT molecular complexity index is 1160. The van der Waals surface area contributed by atoms with E-state index in [-0.39, 0.29) is 0 Å². The van der Waals surface area contributed by atoms with Crippen molar-refractivity contribution < 1.29 is 32.9 Å². The van der Waals surface area contributed by atoms with Gasteiger partial charge in [-0.25, -0.2) is 0 Å². The van der Waals surface area contributed by atoms with Crippen LogP contribution < -0.4 is 0 Å². The topological polar surface area (TPSA) is 73.8 Å². The highest BCUT2D eigenvalue weighted by Crippen LogP contribution is 2.31. The van der Waals surface area contributed by atoms with Gasteiger partial charge in [0.2, 0.25) is 0 Å². The molecule has 0 fully saturated rings. The van der Waals surface area contributed by atoms with Gasteiger partial charge in [-0.15, -0.1) is 13.2 Å². The Morgan fingerprint density at radius 3 is 0.810 bits per heavy atom. The monoisotopic (exact) mass is 1060 g/mol. The average molecular weight is 1060 g/mol.